The lowest BCUT2D eigenvalue weighted by Crippen LogP contribution is -2.37. The highest BCUT2D eigenvalue weighted by atomic mass is 16.5. The van der Waals surface area contributed by atoms with Crippen LogP contribution in [-0.2, 0) is 17.6 Å². The summed E-state index contributed by atoms with van der Waals surface area (Å²) in [5, 5.41) is 24.5. The van der Waals surface area contributed by atoms with Crippen LogP contribution >= 0.6 is 0 Å². The van der Waals surface area contributed by atoms with E-state index in [0.717, 1.165) is 55.0 Å². The van der Waals surface area contributed by atoms with Crippen LogP contribution in [0, 0.1) is 0 Å². The Labute approximate surface area is 183 Å². The first kappa shape index (κ1) is 21.5. The predicted octanol–water partition coefficient (Wildman–Crippen LogP) is 2.87. The van der Waals surface area contributed by atoms with E-state index >= 15 is 0 Å². The number of hydrazone groups is 1. The number of nitrogens with one attached hydrogen (secondary N) is 1. The molecule has 4 rings (SSSR count). The van der Waals surface area contributed by atoms with Crippen LogP contribution in [0.3, 0.4) is 0 Å². The Morgan fingerprint density at radius 2 is 1.97 bits per heavy atom. The molecule has 0 spiro atoms. The molecule has 0 unspecified atom stereocenters. The van der Waals surface area contributed by atoms with E-state index in [0.29, 0.717) is 37.7 Å². The van der Waals surface area contributed by atoms with Crippen molar-refractivity contribution in [1.82, 2.24) is 9.97 Å². The maximum atomic E-state index is 10.1. The molecule has 166 valence electrons. The summed E-state index contributed by atoms with van der Waals surface area (Å²) in [5.74, 6) is 2.46. The number of anilines is 2. The lowest BCUT2D eigenvalue weighted by Gasteiger charge is -2.28. The van der Waals surface area contributed by atoms with Crippen LogP contribution in [0.4, 0.5) is 11.6 Å². The van der Waals surface area contributed by atoms with Gasteiger partial charge < -0.3 is 19.8 Å². The molecule has 2 aromatic rings. The predicted molar refractivity (Wildman–Crippen MR) is 121 cm³/mol. The normalized spacial score (nSPS) is 18.2. The van der Waals surface area contributed by atoms with Gasteiger partial charge in [0.05, 0.1) is 24.5 Å². The standard InChI is InChI=1S/C23H31N5O3/c1-23(2,30)9-8-20-24-21(15-22(25-20)28-10-12-31-13-11-28)27-26-19-5-3-4-16-14-17(29)6-7-18(16)19/h6-7,14-15,29-30H,3-5,8-13H2,1-2H3,(H,24,25,27). The number of benzene rings is 1. The van der Waals surface area contributed by atoms with Gasteiger partial charge in [-0.15, -0.1) is 0 Å². The topological polar surface area (TPSA) is 103 Å². The van der Waals surface area contributed by atoms with Crippen LogP contribution in [0.1, 0.15) is 50.1 Å². The van der Waals surface area contributed by atoms with Crippen LogP contribution < -0.4 is 10.3 Å². The molecule has 3 N–H and O–H groups in total. The highest BCUT2D eigenvalue weighted by Gasteiger charge is 2.19. The summed E-state index contributed by atoms with van der Waals surface area (Å²) in [4.78, 5) is 11.6. The van der Waals surface area contributed by atoms with Gasteiger partial charge in [-0.1, -0.05) is 0 Å². The van der Waals surface area contributed by atoms with E-state index in [1.807, 2.05) is 18.2 Å². The van der Waals surface area contributed by atoms with Crippen molar-refractivity contribution in [1.29, 1.82) is 0 Å². The van der Waals surface area contributed by atoms with Gasteiger partial charge in [0, 0.05) is 31.1 Å². The summed E-state index contributed by atoms with van der Waals surface area (Å²) >= 11 is 0. The molecule has 1 saturated heterocycles. The zero-order chi connectivity index (χ0) is 21.8. The van der Waals surface area contributed by atoms with Crippen LogP contribution in [0.15, 0.2) is 29.4 Å². The average Bonchev–Trinajstić information content (AvgIpc) is 2.76. The molecule has 1 aliphatic carbocycles. The van der Waals surface area contributed by atoms with E-state index in [-0.39, 0.29) is 5.75 Å². The Morgan fingerprint density at radius 3 is 2.74 bits per heavy atom. The summed E-state index contributed by atoms with van der Waals surface area (Å²) in [5.41, 5.74) is 5.52. The second kappa shape index (κ2) is 9.20. The van der Waals surface area contributed by atoms with Crippen molar-refractivity contribution in [3.05, 3.63) is 41.2 Å². The van der Waals surface area contributed by atoms with Crippen molar-refractivity contribution in [3.8, 4) is 5.75 Å². The minimum absolute atomic E-state index is 0.287. The molecule has 1 aliphatic heterocycles. The molecule has 2 heterocycles. The van der Waals surface area contributed by atoms with Crippen LogP contribution in [0.25, 0.3) is 0 Å². The number of hydrogen-bond acceptors (Lipinski definition) is 8. The van der Waals surface area contributed by atoms with Gasteiger partial charge in [-0.25, -0.2) is 9.97 Å². The number of rotatable bonds is 6. The number of nitrogens with zero attached hydrogens (tertiary/aromatic N) is 4. The van der Waals surface area contributed by atoms with Crippen molar-refractivity contribution < 1.29 is 14.9 Å². The van der Waals surface area contributed by atoms with Crippen LogP contribution in [-0.4, -0.2) is 57.8 Å². The monoisotopic (exact) mass is 425 g/mol. The molecule has 8 heteroatoms. The molecule has 1 aromatic carbocycles. The summed E-state index contributed by atoms with van der Waals surface area (Å²) in [6.07, 6.45) is 3.96. The number of aromatic hydroxyl groups is 1. The van der Waals surface area contributed by atoms with Gasteiger partial charge in [0.2, 0.25) is 0 Å². The van der Waals surface area contributed by atoms with Gasteiger partial charge in [0.15, 0.2) is 5.82 Å². The zero-order valence-corrected chi connectivity index (χ0v) is 18.3. The molecule has 0 radical (unpaired) electrons. The smallest absolute Gasteiger partial charge is 0.152 e. The highest BCUT2D eigenvalue weighted by molar-refractivity contribution is 6.03. The van der Waals surface area contributed by atoms with E-state index in [4.69, 9.17) is 9.72 Å². The lowest BCUT2D eigenvalue weighted by molar-refractivity contribution is 0.0708. The highest BCUT2D eigenvalue weighted by Crippen LogP contribution is 2.26. The number of aryl methyl sites for hydroxylation is 2. The number of aromatic nitrogens is 2. The van der Waals surface area contributed by atoms with E-state index in [9.17, 15) is 10.2 Å². The minimum Gasteiger partial charge on any atom is -0.508 e. The van der Waals surface area contributed by atoms with Crippen molar-refractivity contribution in [2.75, 3.05) is 36.6 Å². The maximum absolute atomic E-state index is 10.1. The number of phenols is 1. The molecular weight excluding hydrogens is 394 g/mol. The van der Waals surface area contributed by atoms with Gasteiger partial charge in [-0.3, -0.25) is 5.43 Å². The molecule has 1 aromatic heterocycles. The minimum atomic E-state index is -0.774. The molecule has 31 heavy (non-hydrogen) atoms. The molecule has 0 amide bonds. The van der Waals surface area contributed by atoms with Gasteiger partial charge in [0.25, 0.3) is 0 Å². The number of phenolic OH excluding ortho intramolecular Hbond substituents is 1. The Balaban J connectivity index is 1.59. The summed E-state index contributed by atoms with van der Waals surface area (Å²) in [7, 11) is 0. The fourth-order valence-corrected chi connectivity index (χ4v) is 3.91. The number of morpholine rings is 1. The molecule has 0 bridgehead atoms. The summed E-state index contributed by atoms with van der Waals surface area (Å²) < 4.78 is 5.47. The van der Waals surface area contributed by atoms with Crippen molar-refractivity contribution >= 4 is 17.3 Å². The zero-order valence-electron chi connectivity index (χ0n) is 18.3. The first-order valence-electron chi connectivity index (χ1n) is 11.0. The van der Waals surface area contributed by atoms with Crippen molar-refractivity contribution in [2.45, 2.75) is 51.6 Å². The fraction of sp³-hybridized carbons (Fsp3) is 0.522. The molecule has 1 fully saturated rings. The van der Waals surface area contributed by atoms with Gasteiger partial charge in [0.1, 0.15) is 17.4 Å². The van der Waals surface area contributed by atoms with E-state index in [1.165, 1.54) is 0 Å². The van der Waals surface area contributed by atoms with Crippen LogP contribution in [0.2, 0.25) is 0 Å². The first-order valence-corrected chi connectivity index (χ1v) is 11.0. The Morgan fingerprint density at radius 1 is 1.16 bits per heavy atom. The summed E-state index contributed by atoms with van der Waals surface area (Å²) in [6.45, 7) is 6.51. The SMILES string of the molecule is CC(C)(O)CCc1nc(NN=C2CCCc3cc(O)ccc32)cc(N2CCOCC2)n1. The largest absolute Gasteiger partial charge is 0.508 e. The van der Waals surface area contributed by atoms with Gasteiger partial charge in [-0.05, 0) is 63.3 Å². The Bertz CT molecular complexity index is 949. The van der Waals surface area contributed by atoms with Gasteiger partial charge in [-0.2, -0.15) is 5.10 Å². The second-order valence-electron chi connectivity index (χ2n) is 8.80. The Hall–Kier alpha value is -2.71. The van der Waals surface area contributed by atoms with E-state index in [2.05, 4.69) is 20.4 Å². The van der Waals surface area contributed by atoms with E-state index < -0.39 is 5.60 Å². The summed E-state index contributed by atoms with van der Waals surface area (Å²) in [6, 6.07) is 7.37. The number of fused-ring (bicyclic) bond motifs is 1. The lowest BCUT2D eigenvalue weighted by atomic mass is 9.90. The third kappa shape index (κ3) is 5.71. The maximum Gasteiger partial charge on any atom is 0.152 e. The molecular formula is C23H31N5O3. The van der Waals surface area contributed by atoms with E-state index in [1.54, 1.807) is 19.9 Å². The van der Waals surface area contributed by atoms with Crippen LogP contribution in [0.5, 0.6) is 5.75 Å². The number of ether oxygens (including phenoxy) is 1. The van der Waals surface area contributed by atoms with Gasteiger partial charge >= 0.3 is 0 Å². The number of aliphatic hydroxyl groups is 1. The second-order valence-corrected chi connectivity index (χ2v) is 8.80. The fourth-order valence-electron chi connectivity index (χ4n) is 3.91. The quantitative estimate of drug-likeness (QED) is 0.612. The number of hydrogen-bond donors (Lipinski definition) is 3. The molecule has 2 aliphatic rings. The third-order valence-electron chi connectivity index (χ3n) is 5.62. The van der Waals surface area contributed by atoms with Crippen molar-refractivity contribution in [2.24, 2.45) is 5.10 Å². The average molecular weight is 426 g/mol. The molecule has 8 nitrogen and oxygen atoms in total. The molecule has 0 atom stereocenters. The van der Waals surface area contributed by atoms with Crippen molar-refractivity contribution in [3.63, 3.8) is 0 Å². The Kier molecular flexibility index (Phi) is 6.38. The first-order chi connectivity index (χ1) is 14.9. The molecule has 0 saturated carbocycles. The third-order valence-corrected chi connectivity index (χ3v) is 5.62.